The minimum absolute atomic E-state index is 0.186. The normalized spacial score (nSPS) is 19.7. The van der Waals surface area contributed by atoms with Crippen LogP contribution in [0.1, 0.15) is 17.9 Å². The van der Waals surface area contributed by atoms with Gasteiger partial charge in [-0.2, -0.15) is 0 Å². The number of benzene rings is 1. The molecule has 5 nitrogen and oxygen atoms in total. The fourth-order valence-corrected chi connectivity index (χ4v) is 2.60. The Bertz CT molecular complexity index is 607. The number of carbonyl (C=O) groups is 2. The molecule has 1 N–H and O–H groups in total. The lowest BCUT2D eigenvalue weighted by Gasteiger charge is -2.23. The first-order valence-electron chi connectivity index (χ1n) is 7.40. The van der Waals surface area contributed by atoms with E-state index in [1.165, 1.54) is 4.90 Å². The van der Waals surface area contributed by atoms with Gasteiger partial charge in [-0.3, -0.25) is 9.59 Å². The van der Waals surface area contributed by atoms with Gasteiger partial charge < -0.3 is 14.9 Å². The van der Waals surface area contributed by atoms with Crippen LogP contribution in [0.15, 0.2) is 18.2 Å². The second-order valence-corrected chi connectivity index (χ2v) is 6.07. The maximum absolute atomic E-state index is 13.8. The number of carboxylic acids is 1. The first-order chi connectivity index (χ1) is 10.8. The summed E-state index contributed by atoms with van der Waals surface area (Å²) in [6, 6.07) is 3.19. The van der Waals surface area contributed by atoms with Crippen LogP contribution in [0.5, 0.6) is 0 Å². The van der Waals surface area contributed by atoms with E-state index in [2.05, 4.69) is 0 Å². The molecule has 1 saturated carbocycles. The SMILES string of the molecule is CN(C)CCN(CC(=O)O)C(=O)C1CC1c1cc(F)ccc1F. The molecule has 2 unspecified atom stereocenters. The van der Waals surface area contributed by atoms with Gasteiger partial charge >= 0.3 is 5.97 Å². The number of nitrogens with zero attached hydrogens (tertiary/aromatic N) is 2. The summed E-state index contributed by atoms with van der Waals surface area (Å²) in [5, 5.41) is 8.95. The Labute approximate surface area is 133 Å². The monoisotopic (exact) mass is 326 g/mol. The molecule has 1 aliphatic carbocycles. The van der Waals surface area contributed by atoms with Crippen LogP contribution >= 0.6 is 0 Å². The number of likely N-dealkylation sites (N-methyl/N-ethyl adjacent to an activating group) is 1. The highest BCUT2D eigenvalue weighted by Crippen LogP contribution is 2.49. The number of hydrogen-bond acceptors (Lipinski definition) is 3. The van der Waals surface area contributed by atoms with Crippen molar-refractivity contribution in [3.05, 3.63) is 35.4 Å². The van der Waals surface area contributed by atoms with Crippen LogP contribution in [-0.2, 0) is 9.59 Å². The molecule has 0 bridgehead atoms. The zero-order valence-electron chi connectivity index (χ0n) is 13.1. The topological polar surface area (TPSA) is 60.9 Å². The average molecular weight is 326 g/mol. The van der Waals surface area contributed by atoms with Crippen LogP contribution in [0.2, 0.25) is 0 Å². The van der Waals surface area contributed by atoms with Gasteiger partial charge in [-0.15, -0.1) is 0 Å². The van der Waals surface area contributed by atoms with Gasteiger partial charge in [0, 0.05) is 19.0 Å². The summed E-state index contributed by atoms with van der Waals surface area (Å²) in [5.74, 6) is -3.35. The van der Waals surface area contributed by atoms with Crippen molar-refractivity contribution >= 4 is 11.9 Å². The van der Waals surface area contributed by atoms with E-state index >= 15 is 0 Å². The third kappa shape index (κ3) is 4.48. The molecule has 0 aromatic heterocycles. The van der Waals surface area contributed by atoms with E-state index < -0.39 is 23.5 Å². The summed E-state index contributed by atoms with van der Waals surface area (Å²) in [4.78, 5) is 26.5. The number of aliphatic carboxylic acids is 1. The molecule has 1 aromatic rings. The second-order valence-electron chi connectivity index (χ2n) is 6.07. The van der Waals surface area contributed by atoms with Crippen LogP contribution in [0.3, 0.4) is 0 Å². The van der Waals surface area contributed by atoms with E-state index in [1.807, 2.05) is 19.0 Å². The molecule has 0 radical (unpaired) electrons. The van der Waals surface area contributed by atoms with Crippen molar-refractivity contribution in [2.75, 3.05) is 33.7 Å². The molecular weight excluding hydrogens is 306 g/mol. The van der Waals surface area contributed by atoms with Gasteiger partial charge in [0.2, 0.25) is 5.91 Å². The molecule has 0 heterocycles. The third-order valence-electron chi connectivity index (χ3n) is 3.92. The van der Waals surface area contributed by atoms with E-state index in [4.69, 9.17) is 5.11 Å². The Morgan fingerprint density at radius 3 is 2.57 bits per heavy atom. The molecule has 1 amide bonds. The predicted octanol–water partition coefficient (Wildman–Crippen LogP) is 1.54. The molecule has 1 aliphatic rings. The molecule has 2 atom stereocenters. The highest BCUT2D eigenvalue weighted by molar-refractivity contribution is 5.86. The van der Waals surface area contributed by atoms with Gasteiger partial charge in [-0.25, -0.2) is 8.78 Å². The highest BCUT2D eigenvalue weighted by atomic mass is 19.1. The Morgan fingerprint density at radius 1 is 1.26 bits per heavy atom. The number of carboxylic acid groups (broad SMARTS) is 1. The minimum Gasteiger partial charge on any atom is -0.480 e. The lowest BCUT2D eigenvalue weighted by molar-refractivity contribution is -0.145. The Hall–Kier alpha value is -2.02. The van der Waals surface area contributed by atoms with Crippen molar-refractivity contribution in [3.8, 4) is 0 Å². The van der Waals surface area contributed by atoms with Crippen molar-refractivity contribution in [3.63, 3.8) is 0 Å². The maximum atomic E-state index is 13.8. The zero-order valence-corrected chi connectivity index (χ0v) is 13.1. The van der Waals surface area contributed by atoms with Gasteiger partial charge in [-0.05, 0) is 50.2 Å². The minimum atomic E-state index is -1.09. The molecule has 23 heavy (non-hydrogen) atoms. The van der Waals surface area contributed by atoms with Gasteiger partial charge in [-0.1, -0.05) is 0 Å². The quantitative estimate of drug-likeness (QED) is 0.826. The van der Waals surface area contributed by atoms with Gasteiger partial charge in [0.25, 0.3) is 0 Å². The van der Waals surface area contributed by atoms with E-state index in [0.717, 1.165) is 18.2 Å². The van der Waals surface area contributed by atoms with Crippen LogP contribution in [0.25, 0.3) is 0 Å². The summed E-state index contributed by atoms with van der Waals surface area (Å²) in [5.41, 5.74) is 0.186. The van der Waals surface area contributed by atoms with Crippen LogP contribution < -0.4 is 0 Å². The molecular formula is C16H20F2N2O3. The largest absolute Gasteiger partial charge is 0.480 e. The average Bonchev–Trinajstić information content (AvgIpc) is 3.25. The van der Waals surface area contributed by atoms with E-state index in [-0.39, 0.29) is 30.5 Å². The molecule has 0 saturated heterocycles. The first kappa shape index (κ1) is 17.3. The number of carbonyl (C=O) groups excluding carboxylic acids is 1. The van der Waals surface area contributed by atoms with Crippen molar-refractivity contribution < 1.29 is 23.5 Å². The zero-order chi connectivity index (χ0) is 17.1. The summed E-state index contributed by atoms with van der Waals surface area (Å²) < 4.78 is 27.0. The summed E-state index contributed by atoms with van der Waals surface area (Å²) >= 11 is 0. The van der Waals surface area contributed by atoms with Gasteiger partial charge in [0.15, 0.2) is 0 Å². The lowest BCUT2D eigenvalue weighted by Crippen LogP contribution is -2.41. The molecule has 0 spiro atoms. The molecule has 126 valence electrons. The summed E-state index contributed by atoms with van der Waals surface area (Å²) in [7, 11) is 3.65. The van der Waals surface area contributed by atoms with Crippen LogP contribution in [0, 0.1) is 17.6 Å². The van der Waals surface area contributed by atoms with Gasteiger partial charge in [0.05, 0.1) is 0 Å². The molecule has 7 heteroatoms. The highest BCUT2D eigenvalue weighted by Gasteiger charge is 2.47. The van der Waals surface area contributed by atoms with Crippen molar-refractivity contribution in [2.24, 2.45) is 5.92 Å². The van der Waals surface area contributed by atoms with E-state index in [9.17, 15) is 18.4 Å². The Kier molecular flexibility index (Phi) is 5.30. The van der Waals surface area contributed by atoms with Crippen molar-refractivity contribution in [2.45, 2.75) is 12.3 Å². The Morgan fingerprint density at radius 2 is 1.96 bits per heavy atom. The molecule has 1 aromatic carbocycles. The van der Waals surface area contributed by atoms with Gasteiger partial charge in [0.1, 0.15) is 18.2 Å². The Balaban J connectivity index is 2.06. The predicted molar refractivity (Wildman–Crippen MR) is 80.0 cm³/mol. The second kappa shape index (κ2) is 7.04. The summed E-state index contributed by atoms with van der Waals surface area (Å²) in [6.07, 6.45) is 0.414. The van der Waals surface area contributed by atoms with E-state index in [1.54, 1.807) is 0 Å². The fourth-order valence-electron chi connectivity index (χ4n) is 2.60. The smallest absolute Gasteiger partial charge is 0.323 e. The third-order valence-corrected chi connectivity index (χ3v) is 3.92. The van der Waals surface area contributed by atoms with E-state index in [0.29, 0.717) is 13.0 Å². The number of amides is 1. The molecule has 2 rings (SSSR count). The standard InChI is InChI=1S/C16H20F2N2O3/c1-19(2)5-6-20(9-15(21)22)16(23)13-8-11(13)12-7-10(17)3-4-14(12)18/h3-4,7,11,13H,5-6,8-9H2,1-2H3,(H,21,22). The summed E-state index contributed by atoms with van der Waals surface area (Å²) in [6.45, 7) is 0.430. The maximum Gasteiger partial charge on any atom is 0.323 e. The molecule has 1 fully saturated rings. The number of halogens is 2. The van der Waals surface area contributed by atoms with Crippen molar-refractivity contribution in [1.82, 2.24) is 9.80 Å². The first-order valence-corrected chi connectivity index (χ1v) is 7.40. The lowest BCUT2D eigenvalue weighted by atomic mass is 10.1. The number of rotatable bonds is 7. The van der Waals surface area contributed by atoms with Crippen LogP contribution in [-0.4, -0.2) is 60.5 Å². The van der Waals surface area contributed by atoms with Crippen molar-refractivity contribution in [1.29, 1.82) is 0 Å². The fraction of sp³-hybridized carbons (Fsp3) is 0.500. The number of hydrogen-bond donors (Lipinski definition) is 1. The molecule has 0 aliphatic heterocycles. The van der Waals surface area contributed by atoms with Crippen LogP contribution in [0.4, 0.5) is 8.78 Å².